The topological polar surface area (TPSA) is 78.9 Å². The first kappa shape index (κ1) is 52.8. The number of hydrogen-bond donors (Lipinski definition) is 0. The average molecular weight is 787 g/mol. The molecule has 0 aliphatic rings. The van der Waals surface area contributed by atoms with Crippen molar-refractivity contribution in [2.24, 2.45) is 0 Å². The van der Waals surface area contributed by atoms with E-state index in [9.17, 15) is 14.4 Å². The number of ether oxygens (including phenoxy) is 3. The molecule has 0 aliphatic carbocycles. The summed E-state index contributed by atoms with van der Waals surface area (Å²) in [6.45, 7) is 6.27. The molecule has 57 heavy (non-hydrogen) atoms. The molecule has 6 heteroatoms. The second kappa shape index (κ2) is 44.5. The van der Waals surface area contributed by atoms with Crippen LogP contribution in [-0.4, -0.2) is 37.2 Å². The van der Waals surface area contributed by atoms with Gasteiger partial charge in [0.05, 0.1) is 0 Å². The summed E-state index contributed by atoms with van der Waals surface area (Å²) in [7, 11) is 0. The molecule has 318 valence electrons. The van der Waals surface area contributed by atoms with Crippen LogP contribution < -0.4 is 0 Å². The largest absolute Gasteiger partial charge is 0.462 e. The van der Waals surface area contributed by atoms with E-state index in [0.29, 0.717) is 25.7 Å². The molecule has 0 aromatic carbocycles. The molecule has 0 aliphatic heterocycles. The Morgan fingerprint density at radius 2 is 0.737 bits per heavy atom. The SMILES string of the molecule is CC\C=C/C=C\C=C/C=C\C=C\C=C/C=C\CCCCCC(=O)OCC(COC(=O)CCC/C=C\CCCCCC)OC(=O)CCCCC/C=C\C=C/CCCC. The van der Waals surface area contributed by atoms with Gasteiger partial charge >= 0.3 is 17.9 Å². The van der Waals surface area contributed by atoms with Crippen LogP contribution in [0.3, 0.4) is 0 Å². The van der Waals surface area contributed by atoms with E-state index in [2.05, 4.69) is 69.4 Å². The quantitative estimate of drug-likeness (QED) is 0.0205. The van der Waals surface area contributed by atoms with Crippen LogP contribution in [0.1, 0.15) is 162 Å². The van der Waals surface area contributed by atoms with E-state index in [4.69, 9.17) is 14.2 Å². The molecule has 0 aromatic rings. The minimum Gasteiger partial charge on any atom is -0.462 e. The summed E-state index contributed by atoms with van der Waals surface area (Å²) in [5, 5.41) is 0. The summed E-state index contributed by atoms with van der Waals surface area (Å²) < 4.78 is 16.6. The zero-order valence-corrected chi connectivity index (χ0v) is 36.0. The molecule has 1 unspecified atom stereocenters. The maximum Gasteiger partial charge on any atom is 0.306 e. The summed E-state index contributed by atoms with van der Waals surface area (Å²) >= 11 is 0. The lowest BCUT2D eigenvalue weighted by atomic mass is 10.1. The van der Waals surface area contributed by atoms with Gasteiger partial charge in [0.25, 0.3) is 0 Å². The summed E-state index contributed by atoms with van der Waals surface area (Å²) in [6, 6.07) is 0. The van der Waals surface area contributed by atoms with E-state index in [-0.39, 0.29) is 44.0 Å². The Morgan fingerprint density at radius 1 is 0.368 bits per heavy atom. The lowest BCUT2D eigenvalue weighted by Crippen LogP contribution is -2.30. The molecule has 0 N–H and O–H groups in total. The van der Waals surface area contributed by atoms with Gasteiger partial charge in [-0.05, 0) is 77.0 Å². The van der Waals surface area contributed by atoms with Gasteiger partial charge in [0, 0.05) is 19.3 Å². The van der Waals surface area contributed by atoms with Crippen molar-refractivity contribution < 1.29 is 28.6 Å². The molecular weight excluding hydrogens is 709 g/mol. The monoisotopic (exact) mass is 787 g/mol. The van der Waals surface area contributed by atoms with Gasteiger partial charge in [0.15, 0.2) is 6.10 Å². The highest BCUT2D eigenvalue weighted by Gasteiger charge is 2.19. The molecule has 0 radical (unpaired) electrons. The van der Waals surface area contributed by atoms with Crippen molar-refractivity contribution in [3.63, 3.8) is 0 Å². The Labute approximate surface area is 348 Å². The number of carbonyl (C=O) groups excluding carboxylic acids is 3. The number of unbranched alkanes of at least 4 members (excludes halogenated alkanes) is 13. The van der Waals surface area contributed by atoms with Crippen LogP contribution in [0.4, 0.5) is 0 Å². The van der Waals surface area contributed by atoms with Crippen LogP contribution in [0, 0.1) is 0 Å². The van der Waals surface area contributed by atoms with E-state index in [1.807, 2.05) is 72.9 Å². The molecule has 0 rings (SSSR count). The molecule has 1 atom stereocenters. The molecular formula is C51H78O6. The Balaban J connectivity index is 4.54. The molecule has 0 fully saturated rings. The number of hydrogen-bond acceptors (Lipinski definition) is 6. The zero-order valence-electron chi connectivity index (χ0n) is 36.0. The number of allylic oxidation sites excluding steroid dienone is 20. The van der Waals surface area contributed by atoms with Crippen LogP contribution in [0.15, 0.2) is 122 Å². The third kappa shape index (κ3) is 42.8. The van der Waals surface area contributed by atoms with Gasteiger partial charge in [-0.2, -0.15) is 0 Å². The third-order valence-electron chi connectivity index (χ3n) is 8.64. The Hall–Kier alpha value is -4.19. The summed E-state index contributed by atoms with van der Waals surface area (Å²) in [5.74, 6) is -1.05. The minimum atomic E-state index is -0.822. The third-order valence-corrected chi connectivity index (χ3v) is 8.64. The van der Waals surface area contributed by atoms with Gasteiger partial charge in [-0.15, -0.1) is 0 Å². The van der Waals surface area contributed by atoms with Gasteiger partial charge in [0.1, 0.15) is 13.2 Å². The molecule has 0 saturated carbocycles. The number of rotatable bonds is 37. The van der Waals surface area contributed by atoms with Crippen LogP contribution >= 0.6 is 0 Å². The van der Waals surface area contributed by atoms with Gasteiger partial charge in [-0.3, -0.25) is 14.4 Å². The Kier molecular flexibility index (Phi) is 41.3. The van der Waals surface area contributed by atoms with Gasteiger partial charge in [0.2, 0.25) is 0 Å². The van der Waals surface area contributed by atoms with Crippen molar-refractivity contribution >= 4 is 17.9 Å². The molecule has 6 nitrogen and oxygen atoms in total. The predicted molar refractivity (Wildman–Crippen MR) is 242 cm³/mol. The van der Waals surface area contributed by atoms with Crippen molar-refractivity contribution in [1.82, 2.24) is 0 Å². The van der Waals surface area contributed by atoms with Crippen molar-refractivity contribution in [2.45, 2.75) is 168 Å². The van der Waals surface area contributed by atoms with Crippen molar-refractivity contribution in [1.29, 1.82) is 0 Å². The maximum absolute atomic E-state index is 12.7. The average Bonchev–Trinajstić information content (AvgIpc) is 3.21. The first-order chi connectivity index (χ1) is 28.0. The van der Waals surface area contributed by atoms with Crippen molar-refractivity contribution in [3.8, 4) is 0 Å². The van der Waals surface area contributed by atoms with Crippen LogP contribution in [0.25, 0.3) is 0 Å². The van der Waals surface area contributed by atoms with E-state index >= 15 is 0 Å². The fourth-order valence-corrected chi connectivity index (χ4v) is 5.29. The first-order valence-electron chi connectivity index (χ1n) is 22.2. The highest BCUT2D eigenvalue weighted by molar-refractivity contribution is 5.71. The molecule has 0 amide bonds. The first-order valence-corrected chi connectivity index (χ1v) is 22.2. The standard InChI is InChI=1S/C51H78O6/c1-4-7-10-13-16-19-21-22-23-24-25-26-27-28-30-32-35-38-41-44-50(53)56-47-48(46-55-49(52)43-40-37-34-31-18-15-12-9-6-3)57-51(54)45-42-39-36-33-29-20-17-14-11-8-5-2/h7,10,13-14,16-17,19-31,34,48H,4-6,8-9,11-12,15,18,32-33,35-47H2,1-3H3/b10-7-,16-13-,17-14-,21-19-,23-22-,25-24+,27-26-,29-20-,30-28-,34-31-. The summed E-state index contributed by atoms with van der Waals surface area (Å²) in [4.78, 5) is 37.6. The van der Waals surface area contributed by atoms with E-state index in [1.54, 1.807) is 0 Å². The summed E-state index contributed by atoms with van der Waals surface area (Å²) in [6.07, 6.45) is 60.4. The van der Waals surface area contributed by atoms with E-state index in [1.165, 1.54) is 38.5 Å². The maximum atomic E-state index is 12.7. The molecule has 0 saturated heterocycles. The lowest BCUT2D eigenvalue weighted by Gasteiger charge is -2.18. The van der Waals surface area contributed by atoms with Gasteiger partial charge in [-0.25, -0.2) is 0 Å². The summed E-state index contributed by atoms with van der Waals surface area (Å²) in [5.41, 5.74) is 0. The van der Waals surface area contributed by atoms with Crippen LogP contribution in [0.2, 0.25) is 0 Å². The molecule has 0 spiro atoms. The molecule has 0 heterocycles. The van der Waals surface area contributed by atoms with Crippen molar-refractivity contribution in [2.75, 3.05) is 13.2 Å². The second-order valence-corrected chi connectivity index (χ2v) is 14.1. The van der Waals surface area contributed by atoms with E-state index < -0.39 is 6.10 Å². The minimum absolute atomic E-state index is 0.123. The van der Waals surface area contributed by atoms with E-state index in [0.717, 1.165) is 64.2 Å². The fourth-order valence-electron chi connectivity index (χ4n) is 5.29. The smallest absolute Gasteiger partial charge is 0.306 e. The zero-order chi connectivity index (χ0) is 41.5. The highest BCUT2D eigenvalue weighted by atomic mass is 16.6. The Morgan fingerprint density at radius 3 is 1.23 bits per heavy atom. The van der Waals surface area contributed by atoms with Gasteiger partial charge in [-0.1, -0.05) is 187 Å². The Bertz CT molecular complexity index is 1270. The second-order valence-electron chi connectivity index (χ2n) is 14.1. The molecule has 0 aromatic heterocycles. The van der Waals surface area contributed by atoms with Crippen LogP contribution in [0.5, 0.6) is 0 Å². The van der Waals surface area contributed by atoms with Crippen molar-refractivity contribution in [3.05, 3.63) is 122 Å². The number of carbonyl (C=O) groups is 3. The van der Waals surface area contributed by atoms with Gasteiger partial charge < -0.3 is 14.2 Å². The fraction of sp³-hybridized carbons (Fsp3) is 0.549. The molecule has 0 bridgehead atoms. The highest BCUT2D eigenvalue weighted by Crippen LogP contribution is 2.10. The normalized spacial score (nSPS) is 13.2. The lowest BCUT2D eigenvalue weighted by molar-refractivity contribution is -0.167. The predicted octanol–water partition coefficient (Wildman–Crippen LogP) is 14.2. The number of esters is 3. The van der Waals surface area contributed by atoms with Crippen LogP contribution in [-0.2, 0) is 28.6 Å².